The number of carbonyl (C=O) groups is 1. The number of benzene rings is 2. The van der Waals surface area contributed by atoms with Crippen LogP contribution in [0.5, 0.6) is 5.75 Å². The lowest BCUT2D eigenvalue weighted by molar-refractivity contribution is -0.274. The van der Waals surface area contributed by atoms with Crippen LogP contribution < -0.4 is 4.74 Å². The number of rotatable bonds is 5. The first kappa shape index (κ1) is 18.6. The van der Waals surface area contributed by atoms with Gasteiger partial charge in [-0.2, -0.15) is 0 Å². The van der Waals surface area contributed by atoms with Gasteiger partial charge < -0.3 is 14.5 Å². The Morgan fingerprint density at radius 2 is 1.70 bits per heavy atom. The zero-order chi connectivity index (χ0) is 19.4. The zero-order valence-electron chi connectivity index (χ0n) is 14.3. The van der Waals surface area contributed by atoms with Gasteiger partial charge in [-0.3, -0.25) is 0 Å². The average molecular weight is 375 g/mol. The van der Waals surface area contributed by atoms with Gasteiger partial charge in [-0.25, -0.2) is 4.79 Å². The van der Waals surface area contributed by atoms with E-state index in [1.165, 1.54) is 18.2 Å². The summed E-state index contributed by atoms with van der Waals surface area (Å²) in [5.41, 5.74) is 2.52. The molecule has 0 saturated heterocycles. The normalized spacial score (nSPS) is 11.3. The van der Waals surface area contributed by atoms with Gasteiger partial charge in [-0.05, 0) is 30.7 Å². The van der Waals surface area contributed by atoms with Crippen LogP contribution in [0.15, 0.2) is 60.7 Å². The molecular formula is C20H16F3NO3. The molecule has 4 nitrogen and oxygen atoms in total. The summed E-state index contributed by atoms with van der Waals surface area (Å²) in [5.74, 6) is -0.852. The third kappa shape index (κ3) is 4.49. The summed E-state index contributed by atoms with van der Waals surface area (Å²) in [4.78, 5) is 15.4. The fourth-order valence-corrected chi connectivity index (χ4v) is 2.67. The van der Waals surface area contributed by atoms with E-state index >= 15 is 0 Å². The molecule has 140 valence electrons. The molecule has 0 saturated carbocycles. The average Bonchev–Trinajstić information content (AvgIpc) is 3.07. The number of hydrogen-bond acceptors (Lipinski definition) is 3. The summed E-state index contributed by atoms with van der Waals surface area (Å²) in [6.07, 6.45) is -4.78. The summed E-state index contributed by atoms with van der Waals surface area (Å²) in [6.45, 7) is 1.91. The molecule has 0 aliphatic rings. The Kier molecular flexibility index (Phi) is 5.21. The maximum Gasteiger partial charge on any atom is 0.573 e. The largest absolute Gasteiger partial charge is 0.573 e. The van der Waals surface area contributed by atoms with Gasteiger partial charge in [-0.1, -0.05) is 42.5 Å². The topological polar surface area (TPSA) is 51.3 Å². The van der Waals surface area contributed by atoms with Crippen molar-refractivity contribution < 1.29 is 27.4 Å². The summed E-state index contributed by atoms with van der Waals surface area (Å²) in [5, 5.41) is 0. The van der Waals surface area contributed by atoms with Gasteiger partial charge in [0.15, 0.2) is 0 Å². The lowest BCUT2D eigenvalue weighted by Crippen LogP contribution is -2.17. The lowest BCUT2D eigenvalue weighted by atomic mass is 10.1. The molecule has 0 amide bonds. The number of alkyl halides is 3. The van der Waals surface area contributed by atoms with Gasteiger partial charge in [0, 0.05) is 11.3 Å². The van der Waals surface area contributed by atoms with Crippen molar-refractivity contribution in [1.29, 1.82) is 0 Å². The van der Waals surface area contributed by atoms with Crippen LogP contribution in [0.1, 0.15) is 17.3 Å². The van der Waals surface area contributed by atoms with Crippen molar-refractivity contribution in [3.05, 3.63) is 66.2 Å². The third-order valence-electron chi connectivity index (χ3n) is 3.75. The van der Waals surface area contributed by atoms with Crippen molar-refractivity contribution in [2.75, 3.05) is 6.61 Å². The van der Waals surface area contributed by atoms with Crippen LogP contribution >= 0.6 is 0 Å². The van der Waals surface area contributed by atoms with Crippen molar-refractivity contribution in [1.82, 2.24) is 4.98 Å². The molecule has 1 aromatic heterocycles. The van der Waals surface area contributed by atoms with Crippen LogP contribution in [0.3, 0.4) is 0 Å². The van der Waals surface area contributed by atoms with E-state index in [-0.39, 0.29) is 12.4 Å². The lowest BCUT2D eigenvalue weighted by Gasteiger charge is -2.09. The molecule has 2 aromatic carbocycles. The number of carbonyl (C=O) groups excluding carboxylic acids is 1. The van der Waals surface area contributed by atoms with E-state index in [4.69, 9.17) is 4.74 Å². The number of aromatic nitrogens is 1. The van der Waals surface area contributed by atoms with Gasteiger partial charge >= 0.3 is 12.3 Å². The Morgan fingerprint density at radius 3 is 2.37 bits per heavy atom. The van der Waals surface area contributed by atoms with Crippen molar-refractivity contribution >= 4 is 5.97 Å². The Hall–Kier alpha value is -3.22. The van der Waals surface area contributed by atoms with Crippen molar-refractivity contribution in [3.63, 3.8) is 0 Å². The predicted octanol–water partition coefficient (Wildman–Crippen LogP) is 5.42. The maximum absolute atomic E-state index is 12.5. The summed E-state index contributed by atoms with van der Waals surface area (Å²) in [7, 11) is 0. The summed E-state index contributed by atoms with van der Waals surface area (Å²) < 4.78 is 46.5. The number of H-pyrrole nitrogens is 1. The number of nitrogens with one attached hydrogen (secondary N) is 1. The molecule has 1 heterocycles. The van der Waals surface area contributed by atoms with Crippen LogP contribution in [-0.2, 0) is 4.74 Å². The Balaban J connectivity index is 2.04. The molecule has 0 aliphatic heterocycles. The minimum absolute atomic E-state index is 0.211. The molecule has 0 bridgehead atoms. The second-order valence-corrected chi connectivity index (χ2v) is 5.63. The van der Waals surface area contributed by atoms with Gasteiger partial charge in [0.25, 0.3) is 0 Å². The minimum Gasteiger partial charge on any atom is -0.462 e. The van der Waals surface area contributed by atoms with Crippen LogP contribution in [0, 0.1) is 0 Å². The van der Waals surface area contributed by atoms with Crippen molar-refractivity contribution in [2.45, 2.75) is 13.3 Å². The Morgan fingerprint density at radius 1 is 1.00 bits per heavy atom. The molecule has 0 fully saturated rings. The molecule has 0 spiro atoms. The predicted molar refractivity (Wildman–Crippen MR) is 94.3 cm³/mol. The van der Waals surface area contributed by atoms with E-state index < -0.39 is 12.3 Å². The molecule has 3 aromatic rings. The standard InChI is InChI=1S/C20H16F3NO3/c1-2-26-19(25)16-12-17(24-18(16)13-7-4-3-5-8-13)14-9-6-10-15(11-14)27-20(21,22)23/h3-12,24H,2H2,1H3. The second-order valence-electron chi connectivity index (χ2n) is 5.63. The number of halogens is 3. The highest BCUT2D eigenvalue weighted by Crippen LogP contribution is 2.32. The highest BCUT2D eigenvalue weighted by molar-refractivity contribution is 5.98. The van der Waals surface area contributed by atoms with E-state index in [9.17, 15) is 18.0 Å². The Bertz CT molecular complexity index is 933. The number of aromatic amines is 1. The molecule has 0 radical (unpaired) electrons. The van der Waals surface area contributed by atoms with Gasteiger partial charge in [-0.15, -0.1) is 13.2 Å². The molecule has 0 unspecified atom stereocenters. The molecule has 0 aliphatic carbocycles. The smallest absolute Gasteiger partial charge is 0.462 e. The number of hydrogen-bond donors (Lipinski definition) is 1. The van der Waals surface area contributed by atoms with Crippen LogP contribution in [-0.4, -0.2) is 23.9 Å². The van der Waals surface area contributed by atoms with Gasteiger partial charge in [0.05, 0.1) is 17.9 Å². The first-order chi connectivity index (χ1) is 12.9. The molecule has 0 atom stereocenters. The maximum atomic E-state index is 12.5. The highest BCUT2D eigenvalue weighted by atomic mass is 19.4. The van der Waals surface area contributed by atoms with Crippen LogP contribution in [0.4, 0.5) is 13.2 Å². The molecule has 27 heavy (non-hydrogen) atoms. The van der Waals surface area contributed by atoms with Gasteiger partial charge in [0.1, 0.15) is 5.75 Å². The van der Waals surface area contributed by atoms with Gasteiger partial charge in [0.2, 0.25) is 0 Å². The van der Waals surface area contributed by atoms with E-state index in [1.807, 2.05) is 30.3 Å². The molecular weight excluding hydrogens is 359 g/mol. The van der Waals surface area contributed by atoms with Crippen molar-refractivity contribution in [2.24, 2.45) is 0 Å². The number of esters is 1. The van der Waals surface area contributed by atoms with Crippen LogP contribution in [0.2, 0.25) is 0 Å². The summed E-state index contributed by atoms with van der Waals surface area (Å²) >= 11 is 0. The molecule has 7 heteroatoms. The highest BCUT2D eigenvalue weighted by Gasteiger charge is 2.31. The van der Waals surface area contributed by atoms with Crippen LogP contribution in [0.25, 0.3) is 22.5 Å². The van der Waals surface area contributed by atoms with E-state index in [0.717, 1.165) is 5.56 Å². The molecule has 3 rings (SSSR count). The van der Waals surface area contributed by atoms with E-state index in [1.54, 1.807) is 19.1 Å². The van der Waals surface area contributed by atoms with E-state index in [2.05, 4.69) is 9.72 Å². The quantitative estimate of drug-likeness (QED) is 0.606. The first-order valence-electron chi connectivity index (χ1n) is 8.19. The van der Waals surface area contributed by atoms with Crippen molar-refractivity contribution in [3.8, 4) is 28.3 Å². The fraction of sp³-hybridized carbons (Fsp3) is 0.150. The Labute approximate surface area is 153 Å². The fourth-order valence-electron chi connectivity index (χ4n) is 2.67. The minimum atomic E-state index is -4.78. The SMILES string of the molecule is CCOC(=O)c1cc(-c2cccc(OC(F)(F)F)c2)[nH]c1-c1ccccc1. The third-order valence-corrected chi connectivity index (χ3v) is 3.75. The summed E-state index contributed by atoms with van der Waals surface area (Å²) in [6, 6.07) is 16.2. The number of ether oxygens (including phenoxy) is 2. The molecule has 1 N–H and O–H groups in total. The second kappa shape index (κ2) is 7.57. The van der Waals surface area contributed by atoms with E-state index in [0.29, 0.717) is 22.5 Å². The monoisotopic (exact) mass is 375 g/mol. The zero-order valence-corrected chi connectivity index (χ0v) is 14.3. The first-order valence-corrected chi connectivity index (χ1v) is 8.19.